The molecule has 0 aromatic rings. The molecule has 0 nitrogen and oxygen atoms in total. The topological polar surface area (TPSA) is 0 Å². The third kappa shape index (κ3) is 12.4. The van der Waals surface area contributed by atoms with Crippen LogP contribution in [0, 0.1) is 0 Å². The van der Waals surface area contributed by atoms with Crippen molar-refractivity contribution in [3.63, 3.8) is 0 Å². The van der Waals surface area contributed by atoms with Crippen molar-refractivity contribution in [2.75, 3.05) is 6.16 Å². The summed E-state index contributed by atoms with van der Waals surface area (Å²) >= 11 is 0. The van der Waals surface area contributed by atoms with E-state index in [1.54, 1.807) is 0 Å². The molecule has 0 aliphatic heterocycles. The third-order valence-electron chi connectivity index (χ3n) is 0. The average Bonchev–Trinajstić information content (AvgIpc) is 0.918. The Bertz CT molecular complexity index is 6.00. The average molecular weight is 118 g/mol. The molecule has 0 aliphatic rings. The minimum Gasteiger partial charge on any atom is -0.138 e. The molecular formula is C2H7FeP. The molecule has 2 heteroatoms. The zero-order valence-corrected chi connectivity index (χ0v) is 4.90. The van der Waals surface area contributed by atoms with Crippen LogP contribution >= 0.6 is 9.24 Å². The molecule has 4 heavy (non-hydrogen) atoms. The fourth-order valence-electron chi connectivity index (χ4n) is 0. The summed E-state index contributed by atoms with van der Waals surface area (Å²) in [7, 11) is 2.58. The van der Waals surface area contributed by atoms with Gasteiger partial charge in [0.15, 0.2) is 0 Å². The quantitative estimate of drug-likeness (QED) is 0.327. The Morgan fingerprint density at radius 1 is 1.75 bits per heavy atom. The van der Waals surface area contributed by atoms with Crippen molar-refractivity contribution in [3.05, 3.63) is 0 Å². The predicted molar refractivity (Wildman–Crippen MR) is 20.3 cm³/mol. The maximum atomic E-state index is 2.58. The van der Waals surface area contributed by atoms with Gasteiger partial charge in [-0.3, -0.25) is 0 Å². The van der Waals surface area contributed by atoms with Gasteiger partial charge in [-0.15, -0.1) is 9.24 Å². The first-order valence-electron chi connectivity index (χ1n) is 1.12. The predicted octanol–water partition coefficient (Wildman–Crippen LogP) is 0.879. The standard InChI is InChI=1S/C2H7P.Fe/c1-2-3;/h2-3H2,1H3;. The van der Waals surface area contributed by atoms with Gasteiger partial charge in [-0.2, -0.15) is 0 Å². The summed E-state index contributed by atoms with van der Waals surface area (Å²) in [5, 5.41) is 0. The molecule has 0 aliphatic carbocycles. The summed E-state index contributed by atoms with van der Waals surface area (Å²) in [5.41, 5.74) is 0. The Morgan fingerprint density at radius 2 is 1.75 bits per heavy atom. The maximum absolute atomic E-state index is 2.58. The monoisotopic (exact) mass is 118 g/mol. The van der Waals surface area contributed by atoms with Gasteiger partial charge in [0.05, 0.1) is 0 Å². The van der Waals surface area contributed by atoms with Gasteiger partial charge in [-0.25, -0.2) is 0 Å². The van der Waals surface area contributed by atoms with Gasteiger partial charge in [0, 0.05) is 17.1 Å². The van der Waals surface area contributed by atoms with Crippen LogP contribution in [0.15, 0.2) is 0 Å². The molecule has 0 heterocycles. The van der Waals surface area contributed by atoms with Crippen molar-refractivity contribution in [1.82, 2.24) is 0 Å². The Kier molecular flexibility index (Phi) is 20.1. The zero-order valence-electron chi connectivity index (χ0n) is 2.64. The minimum absolute atomic E-state index is 0. The van der Waals surface area contributed by atoms with Crippen LogP contribution in [-0.4, -0.2) is 6.16 Å². The fourth-order valence-corrected chi connectivity index (χ4v) is 0. The first-order valence-corrected chi connectivity index (χ1v) is 1.93. The molecular weight excluding hydrogens is 111 g/mol. The Labute approximate surface area is 40.0 Å². The molecule has 0 spiro atoms. The van der Waals surface area contributed by atoms with Gasteiger partial charge < -0.3 is 0 Å². The van der Waals surface area contributed by atoms with E-state index in [1.165, 1.54) is 6.16 Å². The van der Waals surface area contributed by atoms with E-state index in [2.05, 4.69) is 16.2 Å². The van der Waals surface area contributed by atoms with Crippen molar-refractivity contribution < 1.29 is 17.1 Å². The van der Waals surface area contributed by atoms with Crippen molar-refractivity contribution in [1.29, 1.82) is 0 Å². The third-order valence-corrected chi connectivity index (χ3v) is 0. The molecule has 28 valence electrons. The molecule has 1 unspecified atom stereocenters. The van der Waals surface area contributed by atoms with E-state index in [0.29, 0.717) is 0 Å². The van der Waals surface area contributed by atoms with Gasteiger partial charge in [0.1, 0.15) is 0 Å². The summed E-state index contributed by atoms with van der Waals surface area (Å²) in [6.07, 6.45) is 1.17. The SMILES string of the molecule is CCP.[Fe]. The summed E-state index contributed by atoms with van der Waals surface area (Å²) < 4.78 is 0. The molecule has 0 saturated heterocycles. The van der Waals surface area contributed by atoms with Crippen LogP contribution in [0.4, 0.5) is 0 Å². The second-order valence-electron chi connectivity index (χ2n) is 0.408. The van der Waals surface area contributed by atoms with E-state index in [-0.39, 0.29) is 17.1 Å². The first kappa shape index (κ1) is 8.87. The summed E-state index contributed by atoms with van der Waals surface area (Å²) in [6.45, 7) is 2.09. The largest absolute Gasteiger partial charge is 0.138 e. The van der Waals surface area contributed by atoms with Gasteiger partial charge in [0.25, 0.3) is 0 Å². The van der Waals surface area contributed by atoms with Crippen molar-refractivity contribution in [2.45, 2.75) is 6.92 Å². The zero-order chi connectivity index (χ0) is 2.71. The van der Waals surface area contributed by atoms with Crippen LogP contribution < -0.4 is 0 Å². The van der Waals surface area contributed by atoms with E-state index in [0.717, 1.165) is 0 Å². The van der Waals surface area contributed by atoms with Gasteiger partial charge in [0.2, 0.25) is 0 Å². The Hall–Kier alpha value is 0.949. The smallest absolute Gasteiger partial charge is 0 e. The molecule has 1 atom stereocenters. The Morgan fingerprint density at radius 3 is 1.75 bits per heavy atom. The van der Waals surface area contributed by atoms with Crippen molar-refractivity contribution in [3.8, 4) is 0 Å². The summed E-state index contributed by atoms with van der Waals surface area (Å²) in [5.74, 6) is 0. The van der Waals surface area contributed by atoms with E-state index in [1.807, 2.05) is 0 Å². The fraction of sp³-hybridized carbons (Fsp3) is 1.00. The number of hydrogen-bond donors (Lipinski definition) is 0. The minimum atomic E-state index is 0. The number of rotatable bonds is 0. The molecule has 0 aromatic heterocycles. The van der Waals surface area contributed by atoms with Crippen LogP contribution in [-0.2, 0) is 17.1 Å². The first-order chi connectivity index (χ1) is 1.41. The maximum Gasteiger partial charge on any atom is 0 e. The molecule has 0 rings (SSSR count). The van der Waals surface area contributed by atoms with Gasteiger partial charge >= 0.3 is 0 Å². The molecule has 0 fully saturated rings. The van der Waals surface area contributed by atoms with E-state index in [4.69, 9.17) is 0 Å². The molecule has 0 aromatic carbocycles. The molecule has 0 N–H and O–H groups in total. The van der Waals surface area contributed by atoms with E-state index >= 15 is 0 Å². The van der Waals surface area contributed by atoms with Crippen LogP contribution in [0.5, 0.6) is 0 Å². The van der Waals surface area contributed by atoms with Crippen LogP contribution in [0.1, 0.15) is 6.92 Å². The second kappa shape index (κ2) is 9.04. The van der Waals surface area contributed by atoms with Crippen molar-refractivity contribution >= 4 is 9.24 Å². The van der Waals surface area contributed by atoms with E-state index in [9.17, 15) is 0 Å². The van der Waals surface area contributed by atoms with Gasteiger partial charge in [-0.05, 0) is 6.16 Å². The summed E-state index contributed by atoms with van der Waals surface area (Å²) in [6, 6.07) is 0. The summed E-state index contributed by atoms with van der Waals surface area (Å²) in [4.78, 5) is 0. The molecule has 0 radical (unpaired) electrons. The normalized spacial score (nSPS) is 4.50. The molecule has 0 bridgehead atoms. The molecule has 0 saturated carbocycles. The number of hydrogen-bond acceptors (Lipinski definition) is 0. The molecule has 0 amide bonds. The van der Waals surface area contributed by atoms with E-state index < -0.39 is 0 Å². The van der Waals surface area contributed by atoms with Crippen molar-refractivity contribution in [2.24, 2.45) is 0 Å². The van der Waals surface area contributed by atoms with Crippen LogP contribution in [0.3, 0.4) is 0 Å². The Balaban J connectivity index is 0. The van der Waals surface area contributed by atoms with Crippen LogP contribution in [0.25, 0.3) is 0 Å². The van der Waals surface area contributed by atoms with Crippen LogP contribution in [0.2, 0.25) is 0 Å². The second-order valence-corrected chi connectivity index (χ2v) is 1.22. The van der Waals surface area contributed by atoms with Gasteiger partial charge in [-0.1, -0.05) is 6.92 Å².